The number of methoxy groups -OCH3 is 1. The summed E-state index contributed by atoms with van der Waals surface area (Å²) in [6.45, 7) is 1.82. The third kappa shape index (κ3) is 3.45. The molecular weight excluding hydrogens is 219 g/mol. The molecule has 0 spiro atoms. The Labute approximate surface area is 93.6 Å². The van der Waals surface area contributed by atoms with Crippen LogP contribution in [0.3, 0.4) is 0 Å². The monoisotopic (exact) mass is 232 g/mol. The zero-order valence-electron chi connectivity index (χ0n) is 8.71. The highest BCUT2D eigenvalue weighted by molar-refractivity contribution is 6.30. The van der Waals surface area contributed by atoms with Gasteiger partial charge in [0.15, 0.2) is 0 Å². The summed E-state index contributed by atoms with van der Waals surface area (Å²) < 4.78 is 18.4. The Hall–Kier alpha value is -0.640. The summed E-state index contributed by atoms with van der Waals surface area (Å²) in [5, 5.41) is 10.1. The Kier molecular flexibility index (Phi) is 4.51. The van der Waals surface area contributed by atoms with Gasteiger partial charge >= 0.3 is 0 Å². The Morgan fingerprint density at radius 1 is 1.53 bits per heavy atom. The first kappa shape index (κ1) is 12.4. The molecule has 0 aromatic heterocycles. The van der Waals surface area contributed by atoms with Gasteiger partial charge in [-0.3, -0.25) is 0 Å². The first-order chi connectivity index (χ1) is 7.04. The number of ether oxygens (including phenoxy) is 1. The third-order valence-corrected chi connectivity index (χ3v) is 2.51. The molecule has 0 bridgehead atoms. The van der Waals surface area contributed by atoms with Crippen molar-refractivity contribution in [2.24, 2.45) is 0 Å². The molecule has 0 amide bonds. The molecule has 2 atom stereocenters. The summed E-state index contributed by atoms with van der Waals surface area (Å²) in [7, 11) is 1.55. The van der Waals surface area contributed by atoms with E-state index in [1.165, 1.54) is 12.1 Å². The lowest BCUT2D eigenvalue weighted by molar-refractivity contribution is 0.0546. The average Bonchev–Trinajstić information content (AvgIpc) is 2.17. The molecule has 4 heteroatoms. The van der Waals surface area contributed by atoms with E-state index >= 15 is 0 Å². The van der Waals surface area contributed by atoms with E-state index in [2.05, 4.69) is 0 Å². The number of rotatable bonds is 4. The van der Waals surface area contributed by atoms with Crippen LogP contribution < -0.4 is 0 Å². The molecule has 1 aromatic rings. The molecule has 1 N–H and O–H groups in total. The smallest absolute Gasteiger partial charge is 0.130 e. The fourth-order valence-electron chi connectivity index (χ4n) is 1.31. The quantitative estimate of drug-likeness (QED) is 0.865. The zero-order valence-corrected chi connectivity index (χ0v) is 9.46. The number of benzene rings is 1. The van der Waals surface area contributed by atoms with Gasteiger partial charge in [-0.15, -0.1) is 0 Å². The van der Waals surface area contributed by atoms with Crippen molar-refractivity contribution in [3.05, 3.63) is 34.6 Å². The largest absolute Gasteiger partial charge is 0.388 e. The fourth-order valence-corrected chi connectivity index (χ4v) is 1.47. The van der Waals surface area contributed by atoms with Crippen molar-refractivity contribution in [3.63, 3.8) is 0 Å². The van der Waals surface area contributed by atoms with Crippen molar-refractivity contribution < 1.29 is 14.2 Å². The van der Waals surface area contributed by atoms with E-state index in [0.29, 0.717) is 11.4 Å². The van der Waals surface area contributed by atoms with Gasteiger partial charge < -0.3 is 9.84 Å². The van der Waals surface area contributed by atoms with Crippen LogP contribution in [0.4, 0.5) is 4.39 Å². The first-order valence-electron chi connectivity index (χ1n) is 4.70. The molecule has 2 unspecified atom stereocenters. The Morgan fingerprint density at radius 2 is 2.20 bits per heavy atom. The molecule has 1 aromatic carbocycles. The summed E-state index contributed by atoms with van der Waals surface area (Å²) in [5.74, 6) is -0.488. The molecule has 0 heterocycles. The van der Waals surface area contributed by atoms with E-state index in [9.17, 15) is 9.50 Å². The molecule has 2 nitrogen and oxygen atoms in total. The summed E-state index contributed by atoms with van der Waals surface area (Å²) in [6.07, 6.45) is -0.623. The molecule has 0 radical (unpaired) electrons. The number of hydrogen-bond donors (Lipinski definition) is 1. The number of halogens is 2. The topological polar surface area (TPSA) is 29.5 Å². The lowest BCUT2D eigenvalue weighted by Gasteiger charge is -2.16. The Morgan fingerprint density at radius 3 is 2.73 bits per heavy atom. The maximum absolute atomic E-state index is 13.4. The van der Waals surface area contributed by atoms with Gasteiger partial charge in [0.1, 0.15) is 5.82 Å². The van der Waals surface area contributed by atoms with E-state index in [4.69, 9.17) is 16.3 Å². The Bertz CT molecular complexity index is 330. The van der Waals surface area contributed by atoms with Gasteiger partial charge in [-0.1, -0.05) is 17.7 Å². The second-order valence-electron chi connectivity index (χ2n) is 3.46. The molecule has 15 heavy (non-hydrogen) atoms. The summed E-state index contributed by atoms with van der Waals surface area (Å²) in [4.78, 5) is 0. The van der Waals surface area contributed by atoms with Crippen molar-refractivity contribution in [1.29, 1.82) is 0 Å². The van der Waals surface area contributed by atoms with Crippen molar-refractivity contribution in [1.82, 2.24) is 0 Å². The molecule has 84 valence electrons. The van der Waals surface area contributed by atoms with Crippen molar-refractivity contribution in [2.45, 2.75) is 25.6 Å². The summed E-state index contributed by atoms with van der Waals surface area (Å²) >= 11 is 5.61. The Balaban J connectivity index is 2.77. The van der Waals surface area contributed by atoms with Gasteiger partial charge in [0.25, 0.3) is 0 Å². The number of aliphatic hydroxyl groups is 1. The van der Waals surface area contributed by atoms with Crippen molar-refractivity contribution in [2.75, 3.05) is 7.11 Å². The van der Waals surface area contributed by atoms with Crippen LogP contribution in [0.15, 0.2) is 18.2 Å². The molecule has 0 aliphatic heterocycles. The van der Waals surface area contributed by atoms with Gasteiger partial charge in [-0.05, 0) is 19.1 Å². The number of aliphatic hydroxyl groups excluding tert-OH is 1. The van der Waals surface area contributed by atoms with E-state index in [0.717, 1.165) is 0 Å². The predicted octanol–water partition coefficient (Wildman–Crippen LogP) is 2.94. The van der Waals surface area contributed by atoms with Gasteiger partial charge in [-0.25, -0.2) is 4.39 Å². The summed E-state index contributed by atoms with van der Waals surface area (Å²) in [6, 6.07) is 4.24. The van der Waals surface area contributed by atoms with Crippen LogP contribution in [-0.4, -0.2) is 18.3 Å². The van der Waals surface area contributed by atoms with E-state index < -0.39 is 11.9 Å². The molecule has 0 aliphatic rings. The average molecular weight is 233 g/mol. The predicted molar refractivity (Wildman–Crippen MR) is 57.5 cm³/mol. The minimum absolute atomic E-state index is 0.116. The van der Waals surface area contributed by atoms with Crippen molar-refractivity contribution >= 4 is 11.6 Å². The van der Waals surface area contributed by atoms with Crippen LogP contribution in [0.2, 0.25) is 5.02 Å². The van der Waals surface area contributed by atoms with Gasteiger partial charge in [0.2, 0.25) is 0 Å². The minimum atomic E-state index is -0.864. The maximum Gasteiger partial charge on any atom is 0.130 e. The van der Waals surface area contributed by atoms with Crippen LogP contribution in [0.25, 0.3) is 0 Å². The van der Waals surface area contributed by atoms with Crippen LogP contribution in [0.1, 0.15) is 25.0 Å². The minimum Gasteiger partial charge on any atom is -0.388 e. The van der Waals surface area contributed by atoms with Crippen LogP contribution in [0.5, 0.6) is 0 Å². The molecule has 0 saturated carbocycles. The van der Waals surface area contributed by atoms with Gasteiger partial charge in [0.05, 0.1) is 12.2 Å². The molecule has 1 rings (SSSR count). The van der Waals surface area contributed by atoms with Crippen LogP contribution in [0, 0.1) is 5.82 Å². The second-order valence-corrected chi connectivity index (χ2v) is 3.90. The van der Waals surface area contributed by atoms with E-state index in [1.54, 1.807) is 13.2 Å². The molecule has 0 saturated heterocycles. The van der Waals surface area contributed by atoms with Gasteiger partial charge in [-0.2, -0.15) is 0 Å². The second kappa shape index (κ2) is 5.45. The normalized spacial score (nSPS) is 15.0. The summed E-state index contributed by atoms with van der Waals surface area (Å²) in [5.41, 5.74) is 0.253. The van der Waals surface area contributed by atoms with E-state index in [-0.39, 0.29) is 11.7 Å². The lowest BCUT2D eigenvalue weighted by atomic mass is 10.0. The SMILES string of the molecule is COC(C)CC(O)c1ccc(Cl)cc1F. The maximum atomic E-state index is 13.4. The zero-order chi connectivity index (χ0) is 11.4. The standard InChI is InChI=1S/C11H14ClFO2/c1-7(15-2)5-11(14)9-4-3-8(12)6-10(9)13/h3-4,6-7,11,14H,5H2,1-2H3. The first-order valence-corrected chi connectivity index (χ1v) is 5.08. The lowest BCUT2D eigenvalue weighted by Crippen LogP contribution is -2.12. The highest BCUT2D eigenvalue weighted by Crippen LogP contribution is 2.24. The highest BCUT2D eigenvalue weighted by atomic mass is 35.5. The third-order valence-electron chi connectivity index (χ3n) is 2.28. The van der Waals surface area contributed by atoms with E-state index in [1.807, 2.05) is 6.92 Å². The van der Waals surface area contributed by atoms with Crippen LogP contribution >= 0.6 is 11.6 Å². The molecular formula is C11H14ClFO2. The number of hydrogen-bond acceptors (Lipinski definition) is 2. The van der Waals surface area contributed by atoms with Crippen LogP contribution in [-0.2, 0) is 4.74 Å². The molecule has 0 aliphatic carbocycles. The fraction of sp³-hybridized carbons (Fsp3) is 0.455. The molecule has 0 fully saturated rings. The highest BCUT2D eigenvalue weighted by Gasteiger charge is 2.15. The van der Waals surface area contributed by atoms with Gasteiger partial charge in [0, 0.05) is 24.1 Å². The van der Waals surface area contributed by atoms with Crippen molar-refractivity contribution in [3.8, 4) is 0 Å².